The fourth-order valence-electron chi connectivity index (χ4n) is 1.87. The molecular formula is C10H22N2. The standard InChI is InChI=1S/C10H22N2/c1-9-5-7-12(8-9)6-3-4-10(2)11/h9-10H,3-8,11H2,1-2H3. The lowest BCUT2D eigenvalue weighted by Gasteiger charge is -2.15. The van der Waals surface area contributed by atoms with E-state index in [1.807, 2.05) is 0 Å². The molecular weight excluding hydrogens is 148 g/mol. The molecule has 12 heavy (non-hydrogen) atoms. The van der Waals surface area contributed by atoms with E-state index in [-0.39, 0.29) is 0 Å². The Labute approximate surface area is 76.1 Å². The average molecular weight is 170 g/mol. The highest BCUT2D eigenvalue weighted by molar-refractivity contribution is 4.72. The Morgan fingerprint density at radius 3 is 2.83 bits per heavy atom. The van der Waals surface area contributed by atoms with Gasteiger partial charge in [-0.3, -0.25) is 0 Å². The first-order chi connectivity index (χ1) is 5.68. The molecule has 2 nitrogen and oxygen atoms in total. The summed E-state index contributed by atoms with van der Waals surface area (Å²) < 4.78 is 0. The van der Waals surface area contributed by atoms with E-state index >= 15 is 0 Å². The van der Waals surface area contributed by atoms with Crippen LogP contribution in [0.3, 0.4) is 0 Å². The number of hydrogen-bond acceptors (Lipinski definition) is 2. The Bertz CT molecular complexity index is 123. The molecule has 1 saturated heterocycles. The lowest BCUT2D eigenvalue weighted by atomic mass is 10.2. The second-order valence-corrected chi connectivity index (χ2v) is 4.31. The van der Waals surface area contributed by atoms with Crippen LogP contribution in [0, 0.1) is 5.92 Å². The molecule has 1 aliphatic rings. The minimum atomic E-state index is 0.380. The largest absolute Gasteiger partial charge is 0.328 e. The fraction of sp³-hybridized carbons (Fsp3) is 1.00. The van der Waals surface area contributed by atoms with E-state index in [0.717, 1.165) is 5.92 Å². The van der Waals surface area contributed by atoms with Gasteiger partial charge in [0, 0.05) is 12.6 Å². The number of nitrogens with two attached hydrogens (primary N) is 1. The molecule has 0 aromatic rings. The quantitative estimate of drug-likeness (QED) is 0.692. The first-order valence-corrected chi connectivity index (χ1v) is 5.16. The number of nitrogens with zero attached hydrogens (tertiary/aromatic N) is 1. The van der Waals surface area contributed by atoms with Gasteiger partial charge >= 0.3 is 0 Å². The Morgan fingerprint density at radius 1 is 1.58 bits per heavy atom. The van der Waals surface area contributed by atoms with Crippen molar-refractivity contribution in [3.63, 3.8) is 0 Å². The maximum Gasteiger partial charge on any atom is 0.00109 e. The van der Waals surface area contributed by atoms with Gasteiger partial charge in [0.25, 0.3) is 0 Å². The molecule has 0 saturated carbocycles. The lowest BCUT2D eigenvalue weighted by Crippen LogP contribution is -2.23. The second-order valence-electron chi connectivity index (χ2n) is 4.31. The summed E-state index contributed by atoms with van der Waals surface area (Å²) in [6, 6.07) is 0.380. The van der Waals surface area contributed by atoms with E-state index in [9.17, 15) is 0 Å². The van der Waals surface area contributed by atoms with E-state index in [2.05, 4.69) is 18.7 Å². The Balaban J connectivity index is 2.00. The molecule has 0 aliphatic carbocycles. The van der Waals surface area contributed by atoms with Crippen LogP contribution in [0.25, 0.3) is 0 Å². The minimum Gasteiger partial charge on any atom is -0.328 e. The Kier molecular flexibility index (Phi) is 4.02. The van der Waals surface area contributed by atoms with Crippen LogP contribution in [0.2, 0.25) is 0 Å². The number of likely N-dealkylation sites (tertiary alicyclic amines) is 1. The predicted octanol–water partition coefficient (Wildman–Crippen LogP) is 1.46. The molecule has 2 N–H and O–H groups in total. The summed E-state index contributed by atoms with van der Waals surface area (Å²) in [6.45, 7) is 8.29. The average Bonchev–Trinajstić information content (AvgIpc) is 2.35. The van der Waals surface area contributed by atoms with Crippen molar-refractivity contribution in [2.75, 3.05) is 19.6 Å². The zero-order valence-electron chi connectivity index (χ0n) is 8.42. The first-order valence-electron chi connectivity index (χ1n) is 5.16. The molecule has 0 radical (unpaired) electrons. The predicted molar refractivity (Wildman–Crippen MR) is 53.1 cm³/mol. The third kappa shape index (κ3) is 3.55. The van der Waals surface area contributed by atoms with Crippen LogP contribution in [0.15, 0.2) is 0 Å². The first kappa shape index (κ1) is 10.0. The van der Waals surface area contributed by atoms with Crippen LogP contribution in [0.4, 0.5) is 0 Å². The van der Waals surface area contributed by atoms with E-state index < -0.39 is 0 Å². The van der Waals surface area contributed by atoms with Crippen molar-refractivity contribution in [3.8, 4) is 0 Å². The maximum absolute atomic E-state index is 5.69. The maximum atomic E-state index is 5.69. The van der Waals surface area contributed by atoms with Crippen molar-refractivity contribution in [2.24, 2.45) is 11.7 Å². The Morgan fingerprint density at radius 2 is 2.33 bits per heavy atom. The van der Waals surface area contributed by atoms with Crippen LogP contribution in [0.5, 0.6) is 0 Å². The van der Waals surface area contributed by atoms with Crippen molar-refractivity contribution < 1.29 is 0 Å². The minimum absolute atomic E-state index is 0.380. The van der Waals surface area contributed by atoms with Crippen molar-refractivity contribution >= 4 is 0 Å². The van der Waals surface area contributed by atoms with Crippen LogP contribution >= 0.6 is 0 Å². The molecule has 1 heterocycles. The molecule has 1 fully saturated rings. The molecule has 0 aromatic heterocycles. The third-order valence-corrected chi connectivity index (χ3v) is 2.64. The summed E-state index contributed by atoms with van der Waals surface area (Å²) in [4.78, 5) is 2.56. The summed E-state index contributed by atoms with van der Waals surface area (Å²) in [5, 5.41) is 0. The van der Waals surface area contributed by atoms with Gasteiger partial charge in [0.05, 0.1) is 0 Å². The smallest absolute Gasteiger partial charge is 0.00109 e. The van der Waals surface area contributed by atoms with Crippen molar-refractivity contribution in [1.82, 2.24) is 4.90 Å². The summed E-state index contributed by atoms with van der Waals surface area (Å²) in [7, 11) is 0. The van der Waals surface area contributed by atoms with Gasteiger partial charge < -0.3 is 10.6 Å². The molecule has 2 heteroatoms. The molecule has 0 bridgehead atoms. The lowest BCUT2D eigenvalue weighted by molar-refractivity contribution is 0.316. The highest BCUT2D eigenvalue weighted by Crippen LogP contribution is 2.15. The SMILES string of the molecule is CC(N)CCCN1CCC(C)C1. The van der Waals surface area contributed by atoms with Crippen LogP contribution in [-0.2, 0) is 0 Å². The molecule has 0 spiro atoms. The highest BCUT2D eigenvalue weighted by Gasteiger charge is 2.17. The summed E-state index contributed by atoms with van der Waals surface area (Å²) >= 11 is 0. The van der Waals surface area contributed by atoms with Gasteiger partial charge in [-0.1, -0.05) is 6.92 Å². The van der Waals surface area contributed by atoms with Gasteiger partial charge in [0.1, 0.15) is 0 Å². The highest BCUT2D eigenvalue weighted by atomic mass is 15.1. The van der Waals surface area contributed by atoms with Crippen molar-refractivity contribution in [1.29, 1.82) is 0 Å². The van der Waals surface area contributed by atoms with Crippen molar-refractivity contribution in [3.05, 3.63) is 0 Å². The Hall–Kier alpha value is -0.0800. The molecule has 1 aliphatic heterocycles. The zero-order valence-corrected chi connectivity index (χ0v) is 8.42. The fourth-order valence-corrected chi connectivity index (χ4v) is 1.87. The van der Waals surface area contributed by atoms with Crippen LogP contribution < -0.4 is 5.73 Å². The number of hydrogen-bond donors (Lipinski definition) is 1. The van der Waals surface area contributed by atoms with E-state index in [1.54, 1.807) is 0 Å². The molecule has 72 valence electrons. The molecule has 1 rings (SSSR count). The topological polar surface area (TPSA) is 29.3 Å². The van der Waals surface area contributed by atoms with Crippen molar-refractivity contribution in [2.45, 2.75) is 39.2 Å². The van der Waals surface area contributed by atoms with Gasteiger partial charge in [-0.25, -0.2) is 0 Å². The molecule has 2 atom stereocenters. The van der Waals surface area contributed by atoms with Gasteiger partial charge in [0.2, 0.25) is 0 Å². The van der Waals surface area contributed by atoms with E-state index in [1.165, 1.54) is 38.9 Å². The normalized spacial score (nSPS) is 27.8. The molecule has 0 aromatic carbocycles. The summed E-state index contributed by atoms with van der Waals surface area (Å²) in [5.74, 6) is 0.917. The molecule has 0 amide bonds. The van der Waals surface area contributed by atoms with E-state index in [4.69, 9.17) is 5.73 Å². The van der Waals surface area contributed by atoms with Gasteiger partial charge in [-0.2, -0.15) is 0 Å². The van der Waals surface area contributed by atoms with Gasteiger partial charge in [0.15, 0.2) is 0 Å². The summed E-state index contributed by atoms with van der Waals surface area (Å²) in [6.07, 6.45) is 3.83. The van der Waals surface area contributed by atoms with E-state index in [0.29, 0.717) is 6.04 Å². The molecule has 2 unspecified atom stereocenters. The van der Waals surface area contributed by atoms with Gasteiger partial charge in [-0.05, 0) is 45.2 Å². The third-order valence-electron chi connectivity index (χ3n) is 2.64. The van der Waals surface area contributed by atoms with Gasteiger partial charge in [-0.15, -0.1) is 0 Å². The number of rotatable bonds is 4. The zero-order chi connectivity index (χ0) is 8.97. The van der Waals surface area contributed by atoms with Crippen LogP contribution in [-0.4, -0.2) is 30.6 Å². The second kappa shape index (κ2) is 4.83. The van der Waals surface area contributed by atoms with Crippen LogP contribution in [0.1, 0.15) is 33.1 Å². The monoisotopic (exact) mass is 170 g/mol. The summed E-state index contributed by atoms with van der Waals surface area (Å²) in [5.41, 5.74) is 5.69.